The summed E-state index contributed by atoms with van der Waals surface area (Å²) in [4.78, 5) is 6.87. The van der Waals surface area contributed by atoms with E-state index >= 15 is 0 Å². The van der Waals surface area contributed by atoms with E-state index in [0.29, 0.717) is 18.7 Å². The molecule has 2 heterocycles. The molecular formula is C7H14N6O. The molecule has 2 atom stereocenters. The Morgan fingerprint density at radius 2 is 2.50 bits per heavy atom. The molecule has 1 aromatic rings. The van der Waals surface area contributed by atoms with Crippen LogP contribution in [-0.2, 0) is 4.84 Å². The van der Waals surface area contributed by atoms with Crippen LogP contribution in [0.1, 0.15) is 12.5 Å². The summed E-state index contributed by atoms with van der Waals surface area (Å²) in [7, 11) is 2.05. The van der Waals surface area contributed by atoms with Gasteiger partial charge in [0.25, 0.3) is 0 Å². The molecule has 78 valence electrons. The van der Waals surface area contributed by atoms with Gasteiger partial charge < -0.3 is 4.84 Å². The third kappa shape index (κ3) is 1.74. The van der Waals surface area contributed by atoms with Gasteiger partial charge in [0.1, 0.15) is 6.33 Å². The fourth-order valence-electron chi connectivity index (χ4n) is 1.88. The van der Waals surface area contributed by atoms with Crippen molar-refractivity contribution in [2.75, 3.05) is 20.2 Å². The van der Waals surface area contributed by atoms with Gasteiger partial charge in [0.05, 0.1) is 12.6 Å². The smallest absolute Gasteiger partial charge is 0.138 e. The van der Waals surface area contributed by atoms with Crippen molar-refractivity contribution in [2.45, 2.75) is 18.5 Å². The molecule has 2 N–H and O–H groups in total. The molecule has 0 unspecified atom stereocenters. The Balaban J connectivity index is 1.99. The lowest BCUT2D eigenvalue weighted by Crippen LogP contribution is -2.30. The molecule has 7 heteroatoms. The van der Waals surface area contributed by atoms with E-state index in [1.807, 2.05) is 7.05 Å². The molecule has 0 aromatic carbocycles. The van der Waals surface area contributed by atoms with E-state index in [0.717, 1.165) is 13.0 Å². The number of likely N-dealkylation sites (tertiary alicyclic amines) is 1. The molecule has 0 radical (unpaired) electrons. The summed E-state index contributed by atoms with van der Waals surface area (Å²) in [5.41, 5.74) is 0. The minimum atomic E-state index is 0.329. The van der Waals surface area contributed by atoms with Gasteiger partial charge in [-0.3, -0.25) is 4.90 Å². The van der Waals surface area contributed by atoms with Gasteiger partial charge in [-0.15, -0.1) is 5.10 Å². The highest BCUT2D eigenvalue weighted by molar-refractivity contribution is 4.85. The number of aromatic nitrogens is 4. The molecule has 0 spiro atoms. The number of rotatable bonds is 3. The fraction of sp³-hybridized carbons (Fsp3) is 0.857. The van der Waals surface area contributed by atoms with Crippen molar-refractivity contribution >= 4 is 0 Å². The molecule has 0 amide bonds. The first kappa shape index (κ1) is 9.50. The van der Waals surface area contributed by atoms with Crippen molar-refractivity contribution in [3.05, 3.63) is 6.33 Å². The molecule has 2 rings (SSSR count). The second-order valence-electron chi connectivity index (χ2n) is 3.61. The maximum atomic E-state index is 5.06. The third-order valence-electron chi connectivity index (χ3n) is 2.69. The molecule has 7 nitrogen and oxygen atoms in total. The minimum Gasteiger partial charge on any atom is -0.303 e. The Hall–Kier alpha value is -1.05. The van der Waals surface area contributed by atoms with Gasteiger partial charge in [0.2, 0.25) is 0 Å². The van der Waals surface area contributed by atoms with Gasteiger partial charge in [0, 0.05) is 12.6 Å². The zero-order valence-electron chi connectivity index (χ0n) is 8.08. The van der Waals surface area contributed by atoms with Crippen LogP contribution >= 0.6 is 0 Å². The van der Waals surface area contributed by atoms with Crippen molar-refractivity contribution < 1.29 is 4.84 Å². The molecular weight excluding hydrogens is 184 g/mol. The highest BCUT2D eigenvalue weighted by Crippen LogP contribution is 2.24. The molecule has 0 bridgehead atoms. The van der Waals surface area contributed by atoms with E-state index in [-0.39, 0.29) is 0 Å². The largest absolute Gasteiger partial charge is 0.303 e. The molecule has 1 aliphatic rings. The molecule has 1 aliphatic heterocycles. The standard InChI is InChI=1S/C7H14N6O/c1-12-3-6(2-7(12)4-14-8)13-5-9-10-11-13/h5-7H,2-4,8H2,1H3/t6-,7-/m0/s1. The molecule has 1 fully saturated rings. The normalized spacial score (nSPS) is 28.4. The molecule has 1 saturated heterocycles. The average Bonchev–Trinajstić information content (AvgIpc) is 2.76. The quantitative estimate of drug-likeness (QED) is 0.615. The van der Waals surface area contributed by atoms with Crippen molar-refractivity contribution in [3.8, 4) is 0 Å². The fourth-order valence-corrected chi connectivity index (χ4v) is 1.88. The Morgan fingerprint density at radius 1 is 1.64 bits per heavy atom. The first-order chi connectivity index (χ1) is 6.81. The van der Waals surface area contributed by atoms with Crippen LogP contribution < -0.4 is 5.90 Å². The average molecular weight is 198 g/mol. The maximum Gasteiger partial charge on any atom is 0.138 e. The monoisotopic (exact) mass is 198 g/mol. The lowest BCUT2D eigenvalue weighted by Gasteiger charge is -2.16. The predicted octanol–water partition coefficient (Wildman–Crippen LogP) is -1.19. The number of hydrogen-bond acceptors (Lipinski definition) is 6. The van der Waals surface area contributed by atoms with Crippen LogP contribution in [0.2, 0.25) is 0 Å². The summed E-state index contributed by atoms with van der Waals surface area (Å²) in [5.74, 6) is 5.06. The zero-order valence-corrected chi connectivity index (χ0v) is 8.08. The van der Waals surface area contributed by atoms with Gasteiger partial charge in [-0.25, -0.2) is 10.6 Å². The Morgan fingerprint density at radius 3 is 3.14 bits per heavy atom. The van der Waals surface area contributed by atoms with E-state index in [9.17, 15) is 0 Å². The van der Waals surface area contributed by atoms with Gasteiger partial charge >= 0.3 is 0 Å². The zero-order chi connectivity index (χ0) is 9.97. The lowest BCUT2D eigenvalue weighted by atomic mass is 10.2. The van der Waals surface area contributed by atoms with Crippen molar-refractivity contribution in [1.29, 1.82) is 0 Å². The van der Waals surface area contributed by atoms with E-state index in [4.69, 9.17) is 5.90 Å². The summed E-state index contributed by atoms with van der Waals surface area (Å²) >= 11 is 0. The van der Waals surface area contributed by atoms with E-state index in [1.54, 1.807) is 11.0 Å². The molecule has 1 aromatic heterocycles. The minimum absolute atomic E-state index is 0.329. The Labute approximate surface area is 81.8 Å². The van der Waals surface area contributed by atoms with Crippen LogP contribution in [0.25, 0.3) is 0 Å². The third-order valence-corrected chi connectivity index (χ3v) is 2.69. The number of tetrazole rings is 1. The second-order valence-corrected chi connectivity index (χ2v) is 3.61. The number of hydrogen-bond donors (Lipinski definition) is 1. The highest BCUT2D eigenvalue weighted by Gasteiger charge is 2.31. The van der Waals surface area contributed by atoms with E-state index in [1.165, 1.54) is 0 Å². The van der Waals surface area contributed by atoms with Crippen molar-refractivity contribution in [1.82, 2.24) is 25.1 Å². The highest BCUT2D eigenvalue weighted by atomic mass is 16.6. The SMILES string of the molecule is CN1C[C@@H](n2cnnn2)C[C@H]1CON. The van der Waals surface area contributed by atoms with Gasteiger partial charge in [-0.1, -0.05) is 0 Å². The van der Waals surface area contributed by atoms with E-state index < -0.39 is 0 Å². The van der Waals surface area contributed by atoms with Crippen LogP contribution in [0, 0.1) is 0 Å². The molecule has 0 saturated carbocycles. The predicted molar refractivity (Wildman–Crippen MR) is 48.0 cm³/mol. The van der Waals surface area contributed by atoms with E-state index in [2.05, 4.69) is 25.3 Å². The van der Waals surface area contributed by atoms with Crippen LogP contribution in [0.3, 0.4) is 0 Å². The summed E-state index contributed by atoms with van der Waals surface area (Å²) < 4.78 is 1.78. The van der Waals surface area contributed by atoms with Gasteiger partial charge in [-0.05, 0) is 23.9 Å². The van der Waals surface area contributed by atoms with Crippen LogP contribution in [0.5, 0.6) is 0 Å². The number of likely N-dealkylation sites (N-methyl/N-ethyl adjacent to an activating group) is 1. The first-order valence-corrected chi connectivity index (χ1v) is 4.55. The second kappa shape index (κ2) is 3.99. The van der Waals surface area contributed by atoms with Crippen LogP contribution in [-0.4, -0.2) is 51.3 Å². The number of nitrogens with two attached hydrogens (primary N) is 1. The van der Waals surface area contributed by atoms with Crippen molar-refractivity contribution in [3.63, 3.8) is 0 Å². The molecule has 0 aliphatic carbocycles. The summed E-state index contributed by atoms with van der Waals surface area (Å²) in [6, 6.07) is 0.685. The van der Waals surface area contributed by atoms with Crippen LogP contribution in [0.4, 0.5) is 0 Å². The summed E-state index contributed by atoms with van der Waals surface area (Å²) in [6.45, 7) is 1.48. The summed E-state index contributed by atoms with van der Waals surface area (Å²) in [6.07, 6.45) is 2.61. The lowest BCUT2D eigenvalue weighted by molar-refractivity contribution is 0.0870. The first-order valence-electron chi connectivity index (χ1n) is 4.55. The van der Waals surface area contributed by atoms with Gasteiger partial charge in [-0.2, -0.15) is 0 Å². The Kier molecular flexibility index (Phi) is 2.71. The molecule has 14 heavy (non-hydrogen) atoms. The van der Waals surface area contributed by atoms with Crippen LogP contribution in [0.15, 0.2) is 6.33 Å². The Bertz CT molecular complexity index is 276. The summed E-state index contributed by atoms with van der Waals surface area (Å²) in [5, 5.41) is 11.1. The topological polar surface area (TPSA) is 82.1 Å². The maximum absolute atomic E-state index is 5.06. The van der Waals surface area contributed by atoms with Gasteiger partial charge in [0.15, 0.2) is 0 Å². The number of nitrogens with zero attached hydrogens (tertiary/aromatic N) is 5. The van der Waals surface area contributed by atoms with Crippen molar-refractivity contribution in [2.24, 2.45) is 5.90 Å².